The van der Waals surface area contributed by atoms with Gasteiger partial charge < -0.3 is 15.0 Å². The van der Waals surface area contributed by atoms with Gasteiger partial charge in [0.25, 0.3) is 0 Å². The zero-order valence-corrected chi connectivity index (χ0v) is 12.1. The molecule has 0 bridgehead atoms. The second kappa shape index (κ2) is 7.47. The first-order valence-electron chi connectivity index (χ1n) is 7.12. The predicted octanol–water partition coefficient (Wildman–Crippen LogP) is 1.86. The Morgan fingerprint density at radius 1 is 1.33 bits per heavy atom. The fourth-order valence-electron chi connectivity index (χ4n) is 2.39. The summed E-state index contributed by atoms with van der Waals surface area (Å²) < 4.78 is 32.4. The Kier molecular flexibility index (Phi) is 5.64. The average Bonchev–Trinajstić information content (AvgIpc) is 2.48. The van der Waals surface area contributed by atoms with Crippen molar-refractivity contribution in [2.45, 2.75) is 19.4 Å². The molecule has 4 nitrogen and oxygen atoms in total. The standard InChI is InChI=1S/C15H20F2N2O2/c1-11(15-12(16)3-2-4-13(15)17)18-6-5-14(20)19-7-9-21-10-8-19/h2-4,11,18H,5-10H2,1H3. The minimum atomic E-state index is -0.575. The first-order chi connectivity index (χ1) is 10.1. The van der Waals surface area contributed by atoms with E-state index in [-0.39, 0.29) is 11.5 Å². The van der Waals surface area contributed by atoms with Crippen LogP contribution in [0.1, 0.15) is 24.9 Å². The normalized spacial score (nSPS) is 16.8. The number of halogens is 2. The second-order valence-corrected chi connectivity index (χ2v) is 5.05. The summed E-state index contributed by atoms with van der Waals surface area (Å²) in [6.45, 7) is 4.41. The fraction of sp³-hybridized carbons (Fsp3) is 0.533. The second-order valence-electron chi connectivity index (χ2n) is 5.05. The van der Waals surface area contributed by atoms with Crippen LogP contribution in [0.3, 0.4) is 0 Å². The topological polar surface area (TPSA) is 41.6 Å². The monoisotopic (exact) mass is 298 g/mol. The third-order valence-electron chi connectivity index (χ3n) is 3.59. The van der Waals surface area contributed by atoms with E-state index in [1.165, 1.54) is 18.2 Å². The number of carbonyl (C=O) groups excluding carboxylic acids is 1. The van der Waals surface area contributed by atoms with Crippen LogP contribution >= 0.6 is 0 Å². The van der Waals surface area contributed by atoms with Gasteiger partial charge in [0.15, 0.2) is 0 Å². The first kappa shape index (κ1) is 15.9. The van der Waals surface area contributed by atoms with Gasteiger partial charge in [-0.15, -0.1) is 0 Å². The number of nitrogens with zero attached hydrogens (tertiary/aromatic N) is 1. The SMILES string of the molecule is CC(NCCC(=O)N1CCOCC1)c1c(F)cccc1F. The number of morpholine rings is 1. The molecule has 1 aliphatic rings. The molecule has 21 heavy (non-hydrogen) atoms. The van der Waals surface area contributed by atoms with Gasteiger partial charge in [0.1, 0.15) is 11.6 Å². The molecular weight excluding hydrogens is 278 g/mol. The molecule has 2 rings (SSSR count). The van der Waals surface area contributed by atoms with Crippen molar-refractivity contribution in [1.29, 1.82) is 0 Å². The molecule has 1 aliphatic heterocycles. The molecular formula is C15H20F2N2O2. The zero-order valence-electron chi connectivity index (χ0n) is 12.1. The minimum Gasteiger partial charge on any atom is -0.378 e. The average molecular weight is 298 g/mol. The van der Waals surface area contributed by atoms with Gasteiger partial charge in [-0.25, -0.2) is 8.78 Å². The highest BCUT2D eigenvalue weighted by Crippen LogP contribution is 2.20. The van der Waals surface area contributed by atoms with Crippen molar-refractivity contribution in [2.24, 2.45) is 0 Å². The number of nitrogens with one attached hydrogen (secondary N) is 1. The van der Waals surface area contributed by atoms with Gasteiger partial charge in [-0.1, -0.05) is 6.07 Å². The van der Waals surface area contributed by atoms with Gasteiger partial charge in [0, 0.05) is 37.7 Å². The third-order valence-corrected chi connectivity index (χ3v) is 3.59. The molecule has 1 N–H and O–H groups in total. The Morgan fingerprint density at radius 2 is 1.95 bits per heavy atom. The van der Waals surface area contributed by atoms with Crippen LogP contribution in [-0.2, 0) is 9.53 Å². The Balaban J connectivity index is 1.81. The molecule has 1 atom stereocenters. The quantitative estimate of drug-likeness (QED) is 0.902. The summed E-state index contributed by atoms with van der Waals surface area (Å²) in [5, 5.41) is 2.99. The lowest BCUT2D eigenvalue weighted by Gasteiger charge is -2.27. The van der Waals surface area contributed by atoms with Crippen molar-refractivity contribution in [1.82, 2.24) is 10.2 Å². The molecule has 1 fully saturated rings. The summed E-state index contributed by atoms with van der Waals surface area (Å²) in [6, 6.07) is 3.32. The lowest BCUT2D eigenvalue weighted by atomic mass is 10.1. The van der Waals surface area contributed by atoms with E-state index in [1.54, 1.807) is 11.8 Å². The van der Waals surface area contributed by atoms with E-state index >= 15 is 0 Å². The van der Waals surface area contributed by atoms with E-state index in [1.807, 2.05) is 0 Å². The Hall–Kier alpha value is -1.53. The Bertz CT molecular complexity index is 470. The molecule has 0 spiro atoms. The number of hydrogen-bond donors (Lipinski definition) is 1. The van der Waals surface area contributed by atoms with E-state index in [2.05, 4.69) is 5.32 Å². The van der Waals surface area contributed by atoms with Crippen LogP contribution in [0.2, 0.25) is 0 Å². The van der Waals surface area contributed by atoms with Crippen LogP contribution < -0.4 is 5.32 Å². The van der Waals surface area contributed by atoms with Crippen molar-refractivity contribution < 1.29 is 18.3 Å². The molecule has 1 saturated heterocycles. The Labute approximate surface area is 123 Å². The van der Waals surface area contributed by atoms with Crippen LogP contribution in [0.5, 0.6) is 0 Å². The van der Waals surface area contributed by atoms with Crippen molar-refractivity contribution in [3.05, 3.63) is 35.4 Å². The van der Waals surface area contributed by atoms with Crippen LogP contribution in [0.15, 0.2) is 18.2 Å². The molecule has 1 amide bonds. The summed E-state index contributed by atoms with van der Waals surface area (Å²) >= 11 is 0. The molecule has 1 heterocycles. The number of rotatable bonds is 5. The number of carbonyl (C=O) groups is 1. The van der Waals surface area contributed by atoms with Crippen LogP contribution in [0, 0.1) is 11.6 Å². The maximum absolute atomic E-state index is 13.6. The van der Waals surface area contributed by atoms with Crippen LogP contribution in [-0.4, -0.2) is 43.7 Å². The smallest absolute Gasteiger partial charge is 0.224 e. The number of ether oxygens (including phenoxy) is 1. The highest BCUT2D eigenvalue weighted by Gasteiger charge is 2.18. The summed E-state index contributed by atoms with van der Waals surface area (Å²) in [6.07, 6.45) is 0.306. The summed E-state index contributed by atoms with van der Waals surface area (Å²) in [4.78, 5) is 13.7. The van der Waals surface area contributed by atoms with Crippen molar-refractivity contribution in [3.8, 4) is 0 Å². The molecule has 0 radical (unpaired) electrons. The van der Waals surface area contributed by atoms with Crippen LogP contribution in [0.4, 0.5) is 8.78 Å². The van der Waals surface area contributed by atoms with E-state index in [0.717, 1.165) is 0 Å². The van der Waals surface area contributed by atoms with Gasteiger partial charge >= 0.3 is 0 Å². The van der Waals surface area contributed by atoms with E-state index in [4.69, 9.17) is 4.74 Å². The fourth-order valence-corrected chi connectivity index (χ4v) is 2.39. The van der Waals surface area contributed by atoms with E-state index < -0.39 is 17.7 Å². The number of hydrogen-bond acceptors (Lipinski definition) is 3. The van der Waals surface area contributed by atoms with Gasteiger partial charge in [0.2, 0.25) is 5.91 Å². The molecule has 1 unspecified atom stereocenters. The summed E-state index contributed by atoms with van der Waals surface area (Å²) in [5.41, 5.74) is 0.0105. The molecule has 1 aromatic carbocycles. The first-order valence-corrected chi connectivity index (χ1v) is 7.12. The predicted molar refractivity (Wildman–Crippen MR) is 74.8 cm³/mol. The molecule has 116 valence electrons. The molecule has 0 aromatic heterocycles. The minimum absolute atomic E-state index is 0.0105. The maximum Gasteiger partial charge on any atom is 0.224 e. The molecule has 0 saturated carbocycles. The van der Waals surface area contributed by atoms with Crippen molar-refractivity contribution in [3.63, 3.8) is 0 Å². The largest absolute Gasteiger partial charge is 0.378 e. The van der Waals surface area contributed by atoms with Crippen molar-refractivity contribution in [2.75, 3.05) is 32.8 Å². The summed E-state index contributed by atoms with van der Waals surface area (Å²) in [7, 11) is 0. The lowest BCUT2D eigenvalue weighted by Crippen LogP contribution is -2.41. The van der Waals surface area contributed by atoms with Gasteiger partial charge in [-0.2, -0.15) is 0 Å². The molecule has 0 aliphatic carbocycles. The summed E-state index contributed by atoms with van der Waals surface area (Å²) in [5.74, 6) is -1.11. The van der Waals surface area contributed by atoms with Crippen molar-refractivity contribution >= 4 is 5.91 Å². The van der Waals surface area contributed by atoms with Gasteiger partial charge in [-0.3, -0.25) is 4.79 Å². The zero-order chi connectivity index (χ0) is 15.2. The number of benzene rings is 1. The highest BCUT2D eigenvalue weighted by molar-refractivity contribution is 5.76. The molecule has 6 heteroatoms. The van der Waals surface area contributed by atoms with E-state index in [0.29, 0.717) is 39.3 Å². The van der Waals surface area contributed by atoms with E-state index in [9.17, 15) is 13.6 Å². The van der Waals surface area contributed by atoms with Crippen LogP contribution in [0.25, 0.3) is 0 Å². The Morgan fingerprint density at radius 3 is 2.57 bits per heavy atom. The maximum atomic E-state index is 13.6. The van der Waals surface area contributed by atoms with Gasteiger partial charge in [0.05, 0.1) is 13.2 Å². The third kappa shape index (κ3) is 4.22. The lowest BCUT2D eigenvalue weighted by molar-refractivity contribution is -0.135. The van der Waals surface area contributed by atoms with Gasteiger partial charge in [-0.05, 0) is 19.1 Å². The molecule has 1 aromatic rings. The highest BCUT2D eigenvalue weighted by atomic mass is 19.1. The number of amides is 1.